The molecule has 0 fully saturated rings. The normalized spacial score (nSPS) is 10.1. The van der Waals surface area contributed by atoms with Crippen LogP contribution in [0, 0.1) is 5.82 Å². The standard InChI is InChI=1S/C19H18FNO5/c1-3-25-18(23)13-8-14(19(24)26-4-2)11-16(10-13)21-17(22)12-6-5-7-15(20)9-12/h5-11H,3-4H2,1-2H3,(H,21,22). The summed E-state index contributed by atoms with van der Waals surface area (Å²) >= 11 is 0. The third kappa shape index (κ3) is 4.89. The van der Waals surface area contributed by atoms with E-state index in [1.807, 2.05) is 0 Å². The van der Waals surface area contributed by atoms with Gasteiger partial charge in [0.2, 0.25) is 0 Å². The van der Waals surface area contributed by atoms with Crippen LogP contribution in [-0.2, 0) is 9.47 Å². The van der Waals surface area contributed by atoms with Gasteiger partial charge in [0.1, 0.15) is 5.82 Å². The molecular formula is C19H18FNO5. The highest BCUT2D eigenvalue weighted by Gasteiger charge is 2.16. The van der Waals surface area contributed by atoms with Crippen LogP contribution in [0.1, 0.15) is 44.9 Å². The summed E-state index contributed by atoms with van der Waals surface area (Å²) in [5.74, 6) is -2.41. The molecule has 0 aliphatic rings. The van der Waals surface area contributed by atoms with Gasteiger partial charge in [0.25, 0.3) is 5.91 Å². The summed E-state index contributed by atoms with van der Waals surface area (Å²) in [7, 11) is 0. The number of amides is 1. The van der Waals surface area contributed by atoms with Crippen LogP contribution in [-0.4, -0.2) is 31.1 Å². The van der Waals surface area contributed by atoms with Crippen LogP contribution in [0.4, 0.5) is 10.1 Å². The third-order valence-electron chi connectivity index (χ3n) is 3.30. The second-order valence-electron chi connectivity index (χ2n) is 5.20. The Balaban J connectivity index is 2.35. The van der Waals surface area contributed by atoms with E-state index in [1.165, 1.54) is 36.4 Å². The number of rotatable bonds is 6. The number of anilines is 1. The minimum atomic E-state index is -0.639. The zero-order chi connectivity index (χ0) is 19.1. The van der Waals surface area contributed by atoms with Crippen LogP contribution in [0.15, 0.2) is 42.5 Å². The average molecular weight is 359 g/mol. The van der Waals surface area contributed by atoms with Gasteiger partial charge < -0.3 is 14.8 Å². The number of halogens is 1. The van der Waals surface area contributed by atoms with Gasteiger partial charge in [-0.05, 0) is 50.2 Å². The van der Waals surface area contributed by atoms with Crippen LogP contribution in [0.3, 0.4) is 0 Å². The average Bonchev–Trinajstić information content (AvgIpc) is 2.61. The van der Waals surface area contributed by atoms with Crippen molar-refractivity contribution in [3.63, 3.8) is 0 Å². The predicted molar refractivity (Wildman–Crippen MR) is 92.7 cm³/mol. The molecule has 0 spiro atoms. The van der Waals surface area contributed by atoms with E-state index in [9.17, 15) is 18.8 Å². The number of carbonyl (C=O) groups is 3. The van der Waals surface area contributed by atoms with Gasteiger partial charge in [0, 0.05) is 11.3 Å². The van der Waals surface area contributed by atoms with Crippen molar-refractivity contribution in [2.24, 2.45) is 0 Å². The van der Waals surface area contributed by atoms with Crippen LogP contribution < -0.4 is 5.32 Å². The first-order chi connectivity index (χ1) is 12.4. The van der Waals surface area contributed by atoms with Crippen molar-refractivity contribution < 1.29 is 28.2 Å². The van der Waals surface area contributed by atoms with E-state index < -0.39 is 23.7 Å². The second kappa shape index (κ2) is 8.75. The molecule has 1 amide bonds. The van der Waals surface area contributed by atoms with Gasteiger partial charge in [0.15, 0.2) is 0 Å². The fourth-order valence-electron chi connectivity index (χ4n) is 2.20. The Labute approximate surface area is 149 Å². The summed E-state index contributed by atoms with van der Waals surface area (Å²) in [4.78, 5) is 36.3. The Morgan fingerprint density at radius 2 is 1.46 bits per heavy atom. The number of nitrogens with one attached hydrogen (secondary N) is 1. The largest absolute Gasteiger partial charge is 0.462 e. The van der Waals surface area contributed by atoms with Crippen LogP contribution in [0.5, 0.6) is 0 Å². The molecule has 7 heteroatoms. The quantitative estimate of drug-likeness (QED) is 0.799. The van der Waals surface area contributed by atoms with E-state index in [0.29, 0.717) is 0 Å². The van der Waals surface area contributed by atoms with Crippen molar-refractivity contribution in [3.05, 3.63) is 65.0 Å². The molecule has 0 atom stereocenters. The Hall–Kier alpha value is -3.22. The maximum atomic E-state index is 13.3. The summed E-state index contributed by atoms with van der Waals surface area (Å²) in [6, 6.07) is 9.22. The Bertz CT molecular complexity index is 798. The summed E-state index contributed by atoms with van der Waals surface area (Å²) < 4.78 is 23.1. The fraction of sp³-hybridized carbons (Fsp3) is 0.211. The van der Waals surface area contributed by atoms with Gasteiger partial charge in [0.05, 0.1) is 24.3 Å². The van der Waals surface area contributed by atoms with E-state index in [4.69, 9.17) is 9.47 Å². The van der Waals surface area contributed by atoms with Crippen LogP contribution in [0.2, 0.25) is 0 Å². The zero-order valence-electron chi connectivity index (χ0n) is 14.4. The smallest absolute Gasteiger partial charge is 0.338 e. The van der Waals surface area contributed by atoms with Crippen LogP contribution >= 0.6 is 0 Å². The molecule has 0 saturated heterocycles. The lowest BCUT2D eigenvalue weighted by Gasteiger charge is -2.10. The van der Waals surface area contributed by atoms with Gasteiger partial charge >= 0.3 is 11.9 Å². The molecule has 1 N–H and O–H groups in total. The van der Waals surface area contributed by atoms with Gasteiger partial charge in [-0.2, -0.15) is 0 Å². The first kappa shape index (κ1) is 19.1. The third-order valence-corrected chi connectivity index (χ3v) is 3.30. The fourth-order valence-corrected chi connectivity index (χ4v) is 2.20. The Kier molecular flexibility index (Phi) is 6.43. The Morgan fingerprint density at radius 3 is 1.96 bits per heavy atom. The van der Waals surface area contributed by atoms with Gasteiger partial charge in [-0.1, -0.05) is 6.07 Å². The highest BCUT2D eigenvalue weighted by molar-refractivity contribution is 6.06. The van der Waals surface area contributed by atoms with Crippen molar-refractivity contribution in [1.29, 1.82) is 0 Å². The van der Waals surface area contributed by atoms with E-state index in [1.54, 1.807) is 13.8 Å². The molecule has 0 bridgehead atoms. The van der Waals surface area contributed by atoms with Crippen LogP contribution in [0.25, 0.3) is 0 Å². The summed E-state index contributed by atoms with van der Waals surface area (Å²) in [5.41, 5.74) is 0.469. The second-order valence-corrected chi connectivity index (χ2v) is 5.20. The number of carbonyl (C=O) groups excluding carboxylic acids is 3. The van der Waals surface area contributed by atoms with Gasteiger partial charge in [-0.3, -0.25) is 4.79 Å². The van der Waals surface area contributed by atoms with Crippen molar-refractivity contribution >= 4 is 23.5 Å². The van der Waals surface area contributed by atoms with E-state index in [-0.39, 0.29) is 35.6 Å². The first-order valence-electron chi connectivity index (χ1n) is 8.00. The van der Waals surface area contributed by atoms with Crippen molar-refractivity contribution in [2.75, 3.05) is 18.5 Å². The number of ether oxygens (including phenoxy) is 2. The van der Waals surface area contributed by atoms with E-state index in [2.05, 4.69) is 5.32 Å². The lowest BCUT2D eigenvalue weighted by molar-refractivity contribution is 0.0525. The lowest BCUT2D eigenvalue weighted by atomic mass is 10.1. The molecule has 0 heterocycles. The Morgan fingerprint density at radius 1 is 0.885 bits per heavy atom. The van der Waals surface area contributed by atoms with E-state index in [0.717, 1.165) is 6.07 Å². The topological polar surface area (TPSA) is 81.7 Å². The SMILES string of the molecule is CCOC(=O)c1cc(NC(=O)c2cccc(F)c2)cc(C(=O)OCC)c1. The number of esters is 2. The molecule has 0 radical (unpaired) electrons. The maximum Gasteiger partial charge on any atom is 0.338 e. The number of hydrogen-bond donors (Lipinski definition) is 1. The van der Waals surface area contributed by atoms with Crippen molar-refractivity contribution in [2.45, 2.75) is 13.8 Å². The molecule has 0 aliphatic carbocycles. The van der Waals surface area contributed by atoms with Crippen molar-refractivity contribution in [1.82, 2.24) is 0 Å². The minimum absolute atomic E-state index is 0.0898. The number of benzene rings is 2. The molecule has 2 aromatic carbocycles. The van der Waals surface area contributed by atoms with Crippen molar-refractivity contribution in [3.8, 4) is 0 Å². The maximum absolute atomic E-state index is 13.3. The highest BCUT2D eigenvalue weighted by atomic mass is 19.1. The molecule has 2 aromatic rings. The minimum Gasteiger partial charge on any atom is -0.462 e. The summed E-state index contributed by atoms with van der Waals surface area (Å²) in [6.07, 6.45) is 0. The highest BCUT2D eigenvalue weighted by Crippen LogP contribution is 2.18. The monoisotopic (exact) mass is 359 g/mol. The lowest BCUT2D eigenvalue weighted by Crippen LogP contribution is -2.15. The molecule has 0 aromatic heterocycles. The molecule has 26 heavy (non-hydrogen) atoms. The molecule has 0 saturated carbocycles. The molecular weight excluding hydrogens is 341 g/mol. The van der Waals surface area contributed by atoms with Gasteiger partial charge in [-0.25, -0.2) is 14.0 Å². The molecule has 136 valence electrons. The summed E-state index contributed by atoms with van der Waals surface area (Å²) in [6.45, 7) is 3.63. The number of hydrogen-bond acceptors (Lipinski definition) is 5. The zero-order valence-corrected chi connectivity index (χ0v) is 14.4. The molecule has 0 aliphatic heterocycles. The predicted octanol–water partition coefficient (Wildman–Crippen LogP) is 3.43. The summed E-state index contributed by atoms with van der Waals surface area (Å²) in [5, 5.41) is 2.54. The molecule has 6 nitrogen and oxygen atoms in total. The van der Waals surface area contributed by atoms with E-state index >= 15 is 0 Å². The van der Waals surface area contributed by atoms with Gasteiger partial charge in [-0.15, -0.1) is 0 Å². The molecule has 2 rings (SSSR count). The first-order valence-corrected chi connectivity index (χ1v) is 8.00. The molecule has 0 unspecified atom stereocenters.